The number of aromatic nitrogens is 4. The summed E-state index contributed by atoms with van der Waals surface area (Å²) in [6.07, 6.45) is 1.42. The third-order valence-electron chi connectivity index (χ3n) is 3.10. The largest absolute Gasteiger partial charge is 0.438 e. The maximum Gasteiger partial charge on any atom is 0.256 e. The van der Waals surface area contributed by atoms with Crippen LogP contribution in [0, 0.1) is 0 Å². The Labute approximate surface area is 127 Å². The van der Waals surface area contributed by atoms with Gasteiger partial charge < -0.3 is 4.74 Å². The van der Waals surface area contributed by atoms with Gasteiger partial charge in [-0.05, 0) is 11.5 Å². The Kier molecular flexibility index (Phi) is 3.29. The average molecular weight is 303 g/mol. The van der Waals surface area contributed by atoms with Gasteiger partial charge in [-0.3, -0.25) is 0 Å². The third kappa shape index (κ3) is 2.69. The van der Waals surface area contributed by atoms with Crippen molar-refractivity contribution in [2.75, 3.05) is 0 Å². The molecule has 2 aromatic heterocycles. The second-order valence-electron chi connectivity index (χ2n) is 5.74. The SMILES string of the molecule is CC(C)(C)c1ccccc1Oc1cc(Cl)nc2ncnn12. The van der Waals surface area contributed by atoms with Crippen molar-refractivity contribution in [3.63, 3.8) is 0 Å². The van der Waals surface area contributed by atoms with Crippen LogP contribution in [0.15, 0.2) is 36.7 Å². The third-order valence-corrected chi connectivity index (χ3v) is 3.29. The maximum atomic E-state index is 6.02. The molecule has 0 unspecified atom stereocenters. The highest BCUT2D eigenvalue weighted by molar-refractivity contribution is 6.29. The summed E-state index contributed by atoms with van der Waals surface area (Å²) in [6.45, 7) is 6.42. The van der Waals surface area contributed by atoms with E-state index in [0.29, 0.717) is 16.8 Å². The Morgan fingerprint density at radius 2 is 1.95 bits per heavy atom. The van der Waals surface area contributed by atoms with E-state index < -0.39 is 0 Å². The van der Waals surface area contributed by atoms with Gasteiger partial charge in [0, 0.05) is 11.6 Å². The molecule has 0 spiro atoms. The molecule has 3 aromatic rings. The summed E-state index contributed by atoms with van der Waals surface area (Å²) in [7, 11) is 0. The quantitative estimate of drug-likeness (QED) is 0.674. The number of halogens is 1. The number of nitrogens with zero attached hydrogens (tertiary/aromatic N) is 4. The van der Waals surface area contributed by atoms with E-state index in [-0.39, 0.29) is 5.41 Å². The number of benzene rings is 1. The van der Waals surface area contributed by atoms with Crippen LogP contribution in [0.4, 0.5) is 0 Å². The molecule has 0 amide bonds. The molecule has 108 valence electrons. The fourth-order valence-electron chi connectivity index (χ4n) is 2.12. The van der Waals surface area contributed by atoms with Crippen LogP contribution < -0.4 is 4.74 Å². The van der Waals surface area contributed by atoms with Gasteiger partial charge >= 0.3 is 0 Å². The van der Waals surface area contributed by atoms with Gasteiger partial charge in [0.25, 0.3) is 5.78 Å². The molecule has 6 heteroatoms. The van der Waals surface area contributed by atoms with E-state index >= 15 is 0 Å². The number of hydrogen-bond donors (Lipinski definition) is 0. The summed E-state index contributed by atoms with van der Waals surface area (Å²) >= 11 is 6.00. The fraction of sp³-hybridized carbons (Fsp3) is 0.267. The number of rotatable bonds is 2. The highest BCUT2D eigenvalue weighted by Crippen LogP contribution is 2.34. The molecule has 2 heterocycles. The van der Waals surface area contributed by atoms with Crippen LogP contribution in [0.25, 0.3) is 5.78 Å². The summed E-state index contributed by atoms with van der Waals surface area (Å²) < 4.78 is 7.54. The minimum Gasteiger partial charge on any atom is -0.438 e. The molecule has 0 bridgehead atoms. The van der Waals surface area contributed by atoms with E-state index in [9.17, 15) is 0 Å². The summed E-state index contributed by atoms with van der Waals surface area (Å²) in [5.74, 6) is 1.66. The Bertz CT molecular complexity index is 792. The molecule has 3 rings (SSSR count). The van der Waals surface area contributed by atoms with Crippen LogP contribution in [0.3, 0.4) is 0 Å². The van der Waals surface area contributed by atoms with E-state index in [0.717, 1.165) is 11.3 Å². The van der Waals surface area contributed by atoms with E-state index in [1.807, 2.05) is 18.2 Å². The van der Waals surface area contributed by atoms with Crippen LogP contribution in [0.5, 0.6) is 11.6 Å². The molecule has 0 aliphatic heterocycles. The molecule has 0 N–H and O–H groups in total. The number of hydrogen-bond acceptors (Lipinski definition) is 4. The van der Waals surface area contributed by atoms with Gasteiger partial charge in [0.05, 0.1) is 0 Å². The topological polar surface area (TPSA) is 52.3 Å². The second kappa shape index (κ2) is 5.00. The predicted molar refractivity (Wildman–Crippen MR) is 81.0 cm³/mol. The van der Waals surface area contributed by atoms with Crippen molar-refractivity contribution in [1.29, 1.82) is 0 Å². The number of ether oxygens (including phenoxy) is 1. The lowest BCUT2D eigenvalue weighted by atomic mass is 9.86. The zero-order valence-corrected chi connectivity index (χ0v) is 12.8. The fourth-order valence-corrected chi connectivity index (χ4v) is 2.29. The Morgan fingerprint density at radius 1 is 1.19 bits per heavy atom. The van der Waals surface area contributed by atoms with Crippen molar-refractivity contribution >= 4 is 17.4 Å². The van der Waals surface area contributed by atoms with Crippen LogP contribution in [0.2, 0.25) is 5.15 Å². The van der Waals surface area contributed by atoms with Gasteiger partial charge in [0.1, 0.15) is 17.2 Å². The van der Waals surface area contributed by atoms with E-state index in [4.69, 9.17) is 16.3 Å². The summed E-state index contributed by atoms with van der Waals surface area (Å²) in [5, 5.41) is 4.43. The number of fused-ring (bicyclic) bond motifs is 1. The van der Waals surface area contributed by atoms with Crippen molar-refractivity contribution in [1.82, 2.24) is 19.6 Å². The van der Waals surface area contributed by atoms with E-state index in [2.05, 4.69) is 41.9 Å². The Balaban J connectivity index is 2.09. The Morgan fingerprint density at radius 3 is 2.71 bits per heavy atom. The summed E-state index contributed by atoms with van der Waals surface area (Å²) in [5.41, 5.74) is 1.07. The van der Waals surface area contributed by atoms with Crippen molar-refractivity contribution in [3.8, 4) is 11.6 Å². The molecule has 21 heavy (non-hydrogen) atoms. The normalized spacial score (nSPS) is 11.8. The molecule has 0 saturated heterocycles. The molecule has 0 saturated carbocycles. The van der Waals surface area contributed by atoms with Crippen molar-refractivity contribution < 1.29 is 4.74 Å². The minimum absolute atomic E-state index is 0.0328. The van der Waals surface area contributed by atoms with E-state index in [1.54, 1.807) is 6.07 Å². The van der Waals surface area contributed by atoms with E-state index in [1.165, 1.54) is 10.8 Å². The minimum atomic E-state index is -0.0328. The van der Waals surface area contributed by atoms with Gasteiger partial charge in [-0.25, -0.2) is 0 Å². The van der Waals surface area contributed by atoms with Crippen molar-refractivity contribution in [3.05, 3.63) is 47.4 Å². The number of para-hydroxylation sites is 1. The lowest BCUT2D eigenvalue weighted by Gasteiger charge is -2.22. The first kappa shape index (κ1) is 13.8. The first-order chi connectivity index (χ1) is 9.95. The van der Waals surface area contributed by atoms with Crippen LogP contribution >= 0.6 is 11.6 Å². The van der Waals surface area contributed by atoms with Gasteiger partial charge in [0.2, 0.25) is 5.88 Å². The van der Waals surface area contributed by atoms with Gasteiger partial charge in [-0.15, -0.1) is 0 Å². The molecule has 0 atom stereocenters. The zero-order chi connectivity index (χ0) is 15.0. The summed E-state index contributed by atoms with van der Waals surface area (Å²) in [6, 6.07) is 9.54. The lowest BCUT2D eigenvalue weighted by Crippen LogP contribution is -2.12. The first-order valence-electron chi connectivity index (χ1n) is 6.59. The van der Waals surface area contributed by atoms with Crippen LogP contribution in [-0.4, -0.2) is 19.6 Å². The molecular weight excluding hydrogens is 288 g/mol. The summed E-state index contributed by atoms with van der Waals surface area (Å²) in [4.78, 5) is 8.11. The smallest absolute Gasteiger partial charge is 0.256 e. The van der Waals surface area contributed by atoms with Crippen LogP contribution in [-0.2, 0) is 5.41 Å². The van der Waals surface area contributed by atoms with Gasteiger partial charge in [0.15, 0.2) is 0 Å². The monoisotopic (exact) mass is 302 g/mol. The zero-order valence-electron chi connectivity index (χ0n) is 12.0. The molecule has 0 aliphatic rings. The van der Waals surface area contributed by atoms with Crippen molar-refractivity contribution in [2.45, 2.75) is 26.2 Å². The standard InChI is InChI=1S/C15H15ClN4O/c1-15(2,3)10-6-4-5-7-11(10)21-13-8-12(16)19-14-17-9-18-20(13)14/h4-9H,1-3H3. The second-order valence-corrected chi connectivity index (χ2v) is 6.12. The Hall–Kier alpha value is -2.14. The molecule has 1 aromatic carbocycles. The molecule has 0 fully saturated rings. The molecular formula is C15H15ClN4O. The maximum absolute atomic E-state index is 6.02. The first-order valence-corrected chi connectivity index (χ1v) is 6.96. The average Bonchev–Trinajstić information content (AvgIpc) is 2.86. The molecule has 5 nitrogen and oxygen atoms in total. The highest BCUT2D eigenvalue weighted by atomic mass is 35.5. The van der Waals surface area contributed by atoms with Crippen LogP contribution in [0.1, 0.15) is 26.3 Å². The molecule has 0 aliphatic carbocycles. The molecule has 0 radical (unpaired) electrons. The predicted octanol–water partition coefficient (Wildman–Crippen LogP) is 3.87. The van der Waals surface area contributed by atoms with Gasteiger partial charge in [-0.2, -0.15) is 19.6 Å². The van der Waals surface area contributed by atoms with Crippen molar-refractivity contribution in [2.24, 2.45) is 0 Å². The highest BCUT2D eigenvalue weighted by Gasteiger charge is 2.19. The van der Waals surface area contributed by atoms with Gasteiger partial charge in [-0.1, -0.05) is 50.6 Å². The lowest BCUT2D eigenvalue weighted by molar-refractivity contribution is 0.426.